The maximum Gasteiger partial charge on any atom is 0.309 e. The van der Waals surface area contributed by atoms with E-state index in [0.29, 0.717) is 5.02 Å². The Morgan fingerprint density at radius 2 is 2.25 bits per heavy atom. The van der Waals surface area contributed by atoms with E-state index in [2.05, 4.69) is 9.72 Å². The fourth-order valence-corrected chi connectivity index (χ4v) is 1.03. The molecule has 0 aliphatic rings. The molecule has 3 nitrogen and oxygen atoms in total. The number of carbonyl (C=O) groups is 1. The molecule has 0 aliphatic carbocycles. The van der Waals surface area contributed by atoms with E-state index in [-0.39, 0.29) is 10.9 Å². The SMILES string of the molecule is CC(=O)Oc1ncc(Cl)cc1Cl. The van der Waals surface area contributed by atoms with Crippen molar-refractivity contribution in [1.29, 1.82) is 0 Å². The zero-order chi connectivity index (χ0) is 9.14. The van der Waals surface area contributed by atoms with Crippen LogP contribution in [0.1, 0.15) is 6.92 Å². The Labute approximate surface area is 79.3 Å². The second kappa shape index (κ2) is 3.74. The number of carbonyl (C=O) groups excluding carboxylic acids is 1. The second-order valence-electron chi connectivity index (χ2n) is 2.03. The first-order chi connectivity index (χ1) is 5.59. The number of ether oxygens (including phenoxy) is 1. The highest BCUT2D eigenvalue weighted by Gasteiger charge is 2.05. The number of nitrogens with zero attached hydrogens (tertiary/aromatic N) is 1. The molecule has 1 aromatic rings. The molecule has 0 spiro atoms. The largest absolute Gasteiger partial charge is 0.406 e. The van der Waals surface area contributed by atoms with E-state index in [1.165, 1.54) is 19.2 Å². The van der Waals surface area contributed by atoms with Gasteiger partial charge >= 0.3 is 5.97 Å². The van der Waals surface area contributed by atoms with Crippen molar-refractivity contribution >= 4 is 29.2 Å². The molecule has 12 heavy (non-hydrogen) atoms. The van der Waals surface area contributed by atoms with E-state index in [1.54, 1.807) is 0 Å². The van der Waals surface area contributed by atoms with Gasteiger partial charge in [-0.2, -0.15) is 0 Å². The van der Waals surface area contributed by atoms with Crippen LogP contribution >= 0.6 is 23.2 Å². The molecule has 64 valence electrons. The number of aromatic nitrogens is 1. The molecule has 0 amide bonds. The normalized spacial score (nSPS) is 9.58. The lowest BCUT2D eigenvalue weighted by Crippen LogP contribution is -2.03. The Kier molecular flexibility index (Phi) is 2.89. The lowest BCUT2D eigenvalue weighted by molar-refractivity contribution is -0.132. The van der Waals surface area contributed by atoms with E-state index < -0.39 is 5.97 Å². The van der Waals surface area contributed by atoms with E-state index in [0.717, 1.165) is 0 Å². The zero-order valence-corrected chi connectivity index (χ0v) is 7.69. The number of esters is 1. The van der Waals surface area contributed by atoms with Crippen LogP contribution in [0.5, 0.6) is 5.88 Å². The first-order valence-electron chi connectivity index (χ1n) is 3.09. The van der Waals surface area contributed by atoms with Gasteiger partial charge in [-0.25, -0.2) is 4.98 Å². The summed E-state index contributed by atoms with van der Waals surface area (Å²) in [5, 5.41) is 0.619. The smallest absolute Gasteiger partial charge is 0.309 e. The molecule has 1 aromatic heterocycles. The number of rotatable bonds is 1. The number of pyridine rings is 1. The Bertz CT molecular complexity index is 314. The Morgan fingerprint density at radius 3 is 2.75 bits per heavy atom. The standard InChI is InChI=1S/C7H5Cl2NO2/c1-4(11)12-7-6(9)2-5(8)3-10-7/h2-3H,1H3. The van der Waals surface area contributed by atoms with Gasteiger partial charge in [0.05, 0.1) is 5.02 Å². The average Bonchev–Trinajstić information content (AvgIpc) is 1.94. The van der Waals surface area contributed by atoms with Crippen molar-refractivity contribution < 1.29 is 9.53 Å². The molecule has 0 bridgehead atoms. The molecule has 0 saturated heterocycles. The van der Waals surface area contributed by atoms with E-state index in [4.69, 9.17) is 23.2 Å². The van der Waals surface area contributed by atoms with E-state index >= 15 is 0 Å². The molecule has 0 N–H and O–H groups in total. The van der Waals surface area contributed by atoms with Crippen molar-refractivity contribution in [1.82, 2.24) is 4.98 Å². The minimum absolute atomic E-state index is 0.0774. The second-order valence-corrected chi connectivity index (χ2v) is 2.88. The van der Waals surface area contributed by atoms with Crippen LogP contribution in [-0.4, -0.2) is 11.0 Å². The summed E-state index contributed by atoms with van der Waals surface area (Å²) in [5.74, 6) is -0.389. The first-order valence-corrected chi connectivity index (χ1v) is 3.84. The zero-order valence-electron chi connectivity index (χ0n) is 6.17. The summed E-state index contributed by atoms with van der Waals surface area (Å²) in [7, 11) is 0. The summed E-state index contributed by atoms with van der Waals surface area (Å²) < 4.78 is 4.66. The predicted molar refractivity (Wildman–Crippen MR) is 45.6 cm³/mol. The van der Waals surface area contributed by atoms with Gasteiger partial charge in [-0.15, -0.1) is 0 Å². The summed E-state index contributed by atoms with van der Waals surface area (Å²) in [5.41, 5.74) is 0. The van der Waals surface area contributed by atoms with Gasteiger partial charge in [0.2, 0.25) is 5.88 Å². The summed E-state index contributed by atoms with van der Waals surface area (Å²) in [6, 6.07) is 1.45. The van der Waals surface area contributed by atoms with Crippen LogP contribution < -0.4 is 4.74 Å². The van der Waals surface area contributed by atoms with Crippen LogP contribution in [0.3, 0.4) is 0 Å². The van der Waals surface area contributed by atoms with Crippen molar-refractivity contribution in [3.63, 3.8) is 0 Å². The summed E-state index contributed by atoms with van der Waals surface area (Å²) in [6.45, 7) is 1.27. The van der Waals surface area contributed by atoms with Crippen molar-refractivity contribution in [2.24, 2.45) is 0 Å². The highest BCUT2D eigenvalue weighted by Crippen LogP contribution is 2.24. The van der Waals surface area contributed by atoms with Gasteiger partial charge in [0.15, 0.2) is 0 Å². The molecule has 1 heterocycles. The molecule has 0 fully saturated rings. The molecular formula is C7H5Cl2NO2. The monoisotopic (exact) mass is 205 g/mol. The maximum atomic E-state index is 10.5. The minimum atomic E-state index is -0.466. The van der Waals surface area contributed by atoms with Gasteiger partial charge in [0, 0.05) is 13.1 Å². The first kappa shape index (κ1) is 9.29. The molecule has 0 aromatic carbocycles. The van der Waals surface area contributed by atoms with Crippen LogP contribution in [0.25, 0.3) is 0 Å². The van der Waals surface area contributed by atoms with Crippen molar-refractivity contribution in [3.05, 3.63) is 22.3 Å². The predicted octanol–water partition coefficient (Wildman–Crippen LogP) is 2.31. The topological polar surface area (TPSA) is 39.2 Å². The highest BCUT2D eigenvalue weighted by atomic mass is 35.5. The Balaban J connectivity index is 2.93. The van der Waals surface area contributed by atoms with Crippen LogP contribution in [0.4, 0.5) is 0 Å². The molecule has 0 saturated carbocycles. The molecule has 1 rings (SSSR count). The third-order valence-electron chi connectivity index (χ3n) is 1.01. The molecular weight excluding hydrogens is 201 g/mol. The molecule has 0 unspecified atom stereocenters. The number of hydrogen-bond acceptors (Lipinski definition) is 3. The van der Waals surface area contributed by atoms with Gasteiger partial charge in [0.1, 0.15) is 5.02 Å². The molecule has 0 atom stereocenters. The van der Waals surface area contributed by atoms with Gasteiger partial charge in [0.25, 0.3) is 0 Å². The van der Waals surface area contributed by atoms with Crippen molar-refractivity contribution in [2.45, 2.75) is 6.92 Å². The third kappa shape index (κ3) is 2.36. The van der Waals surface area contributed by atoms with Crippen molar-refractivity contribution in [2.75, 3.05) is 0 Å². The number of halogens is 2. The fraction of sp³-hybridized carbons (Fsp3) is 0.143. The molecule has 5 heteroatoms. The van der Waals surface area contributed by atoms with E-state index in [1.807, 2.05) is 0 Å². The van der Waals surface area contributed by atoms with Crippen LogP contribution in [0.15, 0.2) is 12.3 Å². The summed E-state index contributed by atoms with van der Waals surface area (Å²) >= 11 is 11.2. The average molecular weight is 206 g/mol. The fourth-order valence-electron chi connectivity index (χ4n) is 0.613. The lowest BCUT2D eigenvalue weighted by atomic mass is 10.5. The minimum Gasteiger partial charge on any atom is -0.406 e. The Morgan fingerprint density at radius 1 is 1.58 bits per heavy atom. The Hall–Kier alpha value is -0.800. The quantitative estimate of drug-likeness (QED) is 0.661. The van der Waals surface area contributed by atoms with Crippen LogP contribution in [-0.2, 0) is 4.79 Å². The van der Waals surface area contributed by atoms with Crippen LogP contribution in [0.2, 0.25) is 10.0 Å². The van der Waals surface area contributed by atoms with Crippen molar-refractivity contribution in [3.8, 4) is 5.88 Å². The molecule has 0 radical (unpaired) electrons. The van der Waals surface area contributed by atoms with Gasteiger partial charge in [-0.3, -0.25) is 4.79 Å². The highest BCUT2D eigenvalue weighted by molar-refractivity contribution is 6.35. The van der Waals surface area contributed by atoms with Gasteiger partial charge < -0.3 is 4.74 Å². The summed E-state index contributed by atoms with van der Waals surface area (Å²) in [6.07, 6.45) is 1.35. The number of hydrogen-bond donors (Lipinski definition) is 0. The van der Waals surface area contributed by atoms with Gasteiger partial charge in [-0.1, -0.05) is 23.2 Å². The summed E-state index contributed by atoms with van der Waals surface area (Å²) in [4.78, 5) is 14.2. The van der Waals surface area contributed by atoms with Crippen LogP contribution in [0, 0.1) is 0 Å². The van der Waals surface area contributed by atoms with E-state index in [9.17, 15) is 4.79 Å². The maximum absolute atomic E-state index is 10.5. The van der Waals surface area contributed by atoms with Gasteiger partial charge in [-0.05, 0) is 6.07 Å². The molecule has 0 aliphatic heterocycles. The lowest BCUT2D eigenvalue weighted by Gasteiger charge is -2.01. The third-order valence-corrected chi connectivity index (χ3v) is 1.49.